The molecule has 1 aromatic heterocycles. The van der Waals surface area contributed by atoms with E-state index < -0.39 is 0 Å². The van der Waals surface area contributed by atoms with Crippen molar-refractivity contribution in [2.75, 3.05) is 6.61 Å². The fraction of sp³-hybridized carbons (Fsp3) is 0.357. The van der Waals surface area contributed by atoms with Gasteiger partial charge in [-0.25, -0.2) is 4.79 Å². The molecule has 0 fully saturated rings. The van der Waals surface area contributed by atoms with Gasteiger partial charge in [0.1, 0.15) is 5.69 Å². The molecule has 2 aromatic rings. The highest BCUT2D eigenvalue weighted by Crippen LogP contribution is 2.26. The molecule has 1 heterocycles. The molecule has 90 valence electrons. The van der Waals surface area contributed by atoms with Crippen LogP contribution in [0.3, 0.4) is 0 Å². The quantitative estimate of drug-likeness (QED) is 0.760. The maximum absolute atomic E-state index is 12.0. The third-order valence-corrected chi connectivity index (χ3v) is 3.03. The molecule has 3 nitrogen and oxygen atoms in total. The smallest absolute Gasteiger partial charge is 0.355 e. The first kappa shape index (κ1) is 11.7. The number of benzene rings is 1. The average Bonchev–Trinajstić information content (AvgIpc) is 2.63. The number of carbonyl (C=O) groups is 1. The Labute approximate surface area is 101 Å². The maximum Gasteiger partial charge on any atom is 0.355 e. The predicted molar refractivity (Wildman–Crippen MR) is 68.3 cm³/mol. The van der Waals surface area contributed by atoms with E-state index in [1.165, 1.54) is 0 Å². The van der Waals surface area contributed by atoms with E-state index in [1.54, 1.807) is 0 Å². The van der Waals surface area contributed by atoms with Crippen molar-refractivity contribution in [3.63, 3.8) is 0 Å². The van der Waals surface area contributed by atoms with Crippen LogP contribution in [0, 0.1) is 0 Å². The van der Waals surface area contributed by atoms with Crippen LogP contribution in [0.5, 0.6) is 0 Å². The van der Waals surface area contributed by atoms with Crippen LogP contribution >= 0.6 is 0 Å². The minimum absolute atomic E-state index is 0.233. The highest BCUT2D eigenvalue weighted by Gasteiger charge is 2.20. The van der Waals surface area contributed by atoms with E-state index in [1.807, 2.05) is 36.7 Å². The first-order valence-electron chi connectivity index (χ1n) is 5.94. The summed E-state index contributed by atoms with van der Waals surface area (Å²) in [6, 6.07) is 8.06. The number of para-hydroxylation sites is 1. The molecule has 0 bridgehead atoms. The van der Waals surface area contributed by atoms with Crippen molar-refractivity contribution in [2.24, 2.45) is 7.05 Å². The van der Waals surface area contributed by atoms with Gasteiger partial charge >= 0.3 is 5.97 Å². The molecule has 0 N–H and O–H groups in total. The highest BCUT2D eigenvalue weighted by molar-refractivity contribution is 5.99. The van der Waals surface area contributed by atoms with Crippen molar-refractivity contribution in [2.45, 2.75) is 20.3 Å². The minimum Gasteiger partial charge on any atom is -0.461 e. The number of nitrogens with zero attached hydrogens (tertiary/aromatic N) is 1. The van der Waals surface area contributed by atoms with Crippen molar-refractivity contribution in [1.82, 2.24) is 4.57 Å². The second kappa shape index (κ2) is 4.62. The van der Waals surface area contributed by atoms with Crippen LogP contribution in [0.2, 0.25) is 0 Å². The van der Waals surface area contributed by atoms with Gasteiger partial charge in [-0.3, -0.25) is 0 Å². The lowest BCUT2D eigenvalue weighted by molar-refractivity contribution is 0.0514. The minimum atomic E-state index is -0.233. The molecule has 0 aliphatic rings. The van der Waals surface area contributed by atoms with E-state index >= 15 is 0 Å². The zero-order valence-corrected chi connectivity index (χ0v) is 10.5. The first-order valence-corrected chi connectivity index (χ1v) is 5.94. The van der Waals surface area contributed by atoms with Gasteiger partial charge in [-0.2, -0.15) is 0 Å². The Morgan fingerprint density at radius 3 is 2.65 bits per heavy atom. The van der Waals surface area contributed by atoms with Gasteiger partial charge in [-0.1, -0.05) is 25.1 Å². The Morgan fingerprint density at radius 2 is 2.00 bits per heavy atom. The molecule has 0 aliphatic heterocycles. The number of hydrogen-bond acceptors (Lipinski definition) is 2. The number of aryl methyl sites for hydroxylation is 2. The molecule has 0 spiro atoms. The number of carbonyl (C=O) groups excluding carboxylic acids is 1. The molecule has 17 heavy (non-hydrogen) atoms. The number of esters is 1. The van der Waals surface area contributed by atoms with Crippen LogP contribution in [0.15, 0.2) is 24.3 Å². The van der Waals surface area contributed by atoms with Crippen LogP contribution in [0.1, 0.15) is 29.9 Å². The van der Waals surface area contributed by atoms with E-state index in [2.05, 4.69) is 13.0 Å². The molecule has 3 heteroatoms. The first-order chi connectivity index (χ1) is 8.20. The van der Waals surface area contributed by atoms with E-state index in [9.17, 15) is 4.79 Å². The summed E-state index contributed by atoms with van der Waals surface area (Å²) in [6.07, 6.45) is 0.829. The summed E-state index contributed by atoms with van der Waals surface area (Å²) in [5.41, 5.74) is 2.82. The van der Waals surface area contributed by atoms with Crippen molar-refractivity contribution in [3.05, 3.63) is 35.5 Å². The molecule has 0 atom stereocenters. The van der Waals surface area contributed by atoms with Gasteiger partial charge in [-0.15, -0.1) is 0 Å². The summed E-state index contributed by atoms with van der Waals surface area (Å²) in [7, 11) is 1.91. The van der Waals surface area contributed by atoms with Crippen LogP contribution < -0.4 is 0 Å². The summed E-state index contributed by atoms with van der Waals surface area (Å²) in [6.45, 7) is 4.29. The van der Waals surface area contributed by atoms with Crippen molar-refractivity contribution in [1.29, 1.82) is 0 Å². The van der Waals surface area contributed by atoms with E-state index in [-0.39, 0.29) is 5.97 Å². The number of ether oxygens (including phenoxy) is 1. The normalized spacial score (nSPS) is 10.8. The summed E-state index contributed by atoms with van der Waals surface area (Å²) in [5.74, 6) is -0.233. The standard InChI is InChI=1S/C14H17NO2/c1-4-10-11-8-6-7-9-12(11)15(3)13(10)14(16)17-5-2/h6-9H,4-5H2,1-3H3. The summed E-state index contributed by atoms with van der Waals surface area (Å²) >= 11 is 0. The van der Waals surface area contributed by atoms with Crippen LogP contribution in [-0.2, 0) is 18.2 Å². The highest BCUT2D eigenvalue weighted by atomic mass is 16.5. The monoisotopic (exact) mass is 231 g/mol. The zero-order valence-electron chi connectivity index (χ0n) is 10.5. The molecule has 0 amide bonds. The predicted octanol–water partition coefficient (Wildman–Crippen LogP) is 2.92. The third-order valence-electron chi connectivity index (χ3n) is 3.03. The third kappa shape index (κ3) is 1.82. The number of rotatable bonds is 3. The Hall–Kier alpha value is -1.77. The van der Waals surface area contributed by atoms with Crippen molar-refractivity contribution >= 4 is 16.9 Å². The topological polar surface area (TPSA) is 31.2 Å². The van der Waals surface area contributed by atoms with Gasteiger partial charge in [0.15, 0.2) is 0 Å². The fourth-order valence-corrected chi connectivity index (χ4v) is 2.29. The molecule has 0 saturated carbocycles. The average molecular weight is 231 g/mol. The SMILES string of the molecule is CCOC(=O)c1c(CC)c2ccccc2n1C. The second-order valence-electron chi connectivity index (χ2n) is 3.98. The van der Waals surface area contributed by atoms with Crippen LogP contribution in [0.4, 0.5) is 0 Å². The van der Waals surface area contributed by atoms with Gasteiger partial charge in [0.05, 0.1) is 6.61 Å². The summed E-state index contributed by atoms with van der Waals surface area (Å²) < 4.78 is 7.04. The van der Waals surface area contributed by atoms with E-state index in [4.69, 9.17) is 4.74 Å². The van der Waals surface area contributed by atoms with E-state index in [0.717, 1.165) is 22.9 Å². The van der Waals surface area contributed by atoms with Gasteiger partial charge < -0.3 is 9.30 Å². The number of hydrogen-bond donors (Lipinski definition) is 0. The van der Waals surface area contributed by atoms with Crippen LogP contribution in [-0.4, -0.2) is 17.1 Å². The Bertz CT molecular complexity index is 555. The van der Waals surface area contributed by atoms with Crippen LogP contribution in [0.25, 0.3) is 10.9 Å². The zero-order chi connectivity index (χ0) is 12.4. The lowest BCUT2D eigenvalue weighted by Crippen LogP contribution is -2.11. The molecule has 0 aliphatic carbocycles. The van der Waals surface area contributed by atoms with Crippen molar-refractivity contribution < 1.29 is 9.53 Å². The van der Waals surface area contributed by atoms with Gasteiger partial charge in [0, 0.05) is 18.0 Å². The van der Waals surface area contributed by atoms with E-state index in [0.29, 0.717) is 12.3 Å². The Kier molecular flexibility index (Phi) is 3.18. The van der Waals surface area contributed by atoms with Crippen molar-refractivity contribution in [3.8, 4) is 0 Å². The summed E-state index contributed by atoms with van der Waals surface area (Å²) in [5, 5.41) is 1.14. The lowest BCUT2D eigenvalue weighted by atomic mass is 10.1. The van der Waals surface area contributed by atoms with Gasteiger partial charge in [0.2, 0.25) is 0 Å². The Morgan fingerprint density at radius 1 is 1.29 bits per heavy atom. The maximum atomic E-state index is 12.0. The largest absolute Gasteiger partial charge is 0.461 e. The molecular formula is C14H17NO2. The Balaban J connectivity index is 2.69. The molecule has 0 saturated heterocycles. The lowest BCUT2D eigenvalue weighted by Gasteiger charge is -2.05. The van der Waals surface area contributed by atoms with Gasteiger partial charge in [0.25, 0.3) is 0 Å². The molecular weight excluding hydrogens is 214 g/mol. The second-order valence-corrected chi connectivity index (χ2v) is 3.98. The summed E-state index contributed by atoms with van der Waals surface area (Å²) in [4.78, 5) is 12.0. The molecule has 0 radical (unpaired) electrons. The number of aromatic nitrogens is 1. The van der Waals surface area contributed by atoms with Gasteiger partial charge in [-0.05, 0) is 25.0 Å². The number of fused-ring (bicyclic) bond motifs is 1. The molecule has 2 rings (SSSR count). The fourth-order valence-electron chi connectivity index (χ4n) is 2.29. The molecule has 0 unspecified atom stereocenters. The molecule has 1 aromatic carbocycles.